The highest BCUT2D eigenvalue weighted by Crippen LogP contribution is 2.19. The molecule has 0 fully saturated rings. The fraction of sp³-hybridized carbons (Fsp3) is 0.533. The highest BCUT2D eigenvalue weighted by atomic mass is 15.1. The minimum absolute atomic E-state index is 0.221. The smallest absolute Gasteiger partial charge is 0.0684 e. The van der Waals surface area contributed by atoms with E-state index in [4.69, 9.17) is 5.26 Å². The molecule has 0 atom stereocenters. The lowest BCUT2D eigenvalue weighted by molar-refractivity contribution is 0.280. The summed E-state index contributed by atoms with van der Waals surface area (Å²) < 4.78 is 0. The predicted molar refractivity (Wildman–Crippen MR) is 71.5 cm³/mol. The second kappa shape index (κ2) is 5.84. The van der Waals surface area contributed by atoms with Gasteiger partial charge in [-0.25, -0.2) is 0 Å². The van der Waals surface area contributed by atoms with E-state index in [1.807, 2.05) is 13.8 Å². The molecule has 1 aromatic carbocycles. The number of benzene rings is 1. The molecule has 0 spiro atoms. The van der Waals surface area contributed by atoms with E-state index >= 15 is 0 Å². The number of aryl methyl sites for hydroxylation is 1. The highest BCUT2D eigenvalue weighted by Gasteiger charge is 2.16. The van der Waals surface area contributed by atoms with Crippen molar-refractivity contribution in [2.24, 2.45) is 5.41 Å². The molecular weight excluding hydrogens is 208 g/mol. The van der Waals surface area contributed by atoms with E-state index < -0.39 is 0 Å². The van der Waals surface area contributed by atoms with E-state index in [1.165, 1.54) is 11.1 Å². The van der Waals surface area contributed by atoms with Gasteiger partial charge in [0.2, 0.25) is 0 Å². The third-order valence-electron chi connectivity index (χ3n) is 2.96. The van der Waals surface area contributed by atoms with Crippen molar-refractivity contribution in [3.05, 3.63) is 35.4 Å². The van der Waals surface area contributed by atoms with E-state index in [-0.39, 0.29) is 5.41 Å². The topological polar surface area (TPSA) is 27.0 Å². The van der Waals surface area contributed by atoms with Crippen LogP contribution in [0.25, 0.3) is 0 Å². The molecule has 92 valence electrons. The fourth-order valence-corrected chi connectivity index (χ4v) is 1.73. The average Bonchev–Trinajstić information content (AvgIpc) is 2.27. The van der Waals surface area contributed by atoms with E-state index in [0.717, 1.165) is 19.5 Å². The number of nitrogens with zero attached hydrogens (tertiary/aromatic N) is 2. The molecule has 2 nitrogen and oxygen atoms in total. The molecule has 1 rings (SSSR count). The Morgan fingerprint density at radius 1 is 1.35 bits per heavy atom. The monoisotopic (exact) mass is 230 g/mol. The molecule has 0 aliphatic carbocycles. The molecule has 0 heterocycles. The zero-order valence-corrected chi connectivity index (χ0v) is 11.3. The molecule has 0 radical (unpaired) electrons. The summed E-state index contributed by atoms with van der Waals surface area (Å²) in [5, 5.41) is 8.96. The summed E-state index contributed by atoms with van der Waals surface area (Å²) in [5.41, 5.74) is 2.41. The lowest BCUT2D eigenvalue weighted by Gasteiger charge is -2.21. The van der Waals surface area contributed by atoms with Crippen LogP contribution in [0.5, 0.6) is 0 Å². The average molecular weight is 230 g/mol. The second-order valence-corrected chi connectivity index (χ2v) is 5.47. The first-order chi connectivity index (χ1) is 7.93. The number of nitriles is 1. The fourth-order valence-electron chi connectivity index (χ4n) is 1.73. The van der Waals surface area contributed by atoms with Gasteiger partial charge >= 0.3 is 0 Å². The molecule has 0 aliphatic heterocycles. The van der Waals surface area contributed by atoms with Crippen LogP contribution < -0.4 is 0 Å². The molecular formula is C15H22N2. The molecule has 0 saturated carbocycles. The van der Waals surface area contributed by atoms with Gasteiger partial charge in [-0.1, -0.05) is 29.8 Å². The summed E-state index contributed by atoms with van der Waals surface area (Å²) in [6.45, 7) is 8.00. The van der Waals surface area contributed by atoms with Crippen LogP contribution in [0.2, 0.25) is 0 Å². The Labute approximate surface area is 105 Å². The van der Waals surface area contributed by atoms with Crippen LogP contribution in [0, 0.1) is 23.7 Å². The minimum atomic E-state index is -0.221. The Bertz CT molecular complexity index is 402. The summed E-state index contributed by atoms with van der Waals surface area (Å²) >= 11 is 0. The third-order valence-corrected chi connectivity index (χ3v) is 2.96. The number of rotatable bonds is 5. The molecule has 2 heteroatoms. The van der Waals surface area contributed by atoms with Gasteiger partial charge in [0.15, 0.2) is 0 Å². The molecule has 0 N–H and O–H groups in total. The van der Waals surface area contributed by atoms with Crippen LogP contribution in [-0.2, 0) is 6.54 Å². The zero-order chi connectivity index (χ0) is 12.9. The van der Waals surface area contributed by atoms with Crippen molar-refractivity contribution >= 4 is 0 Å². The van der Waals surface area contributed by atoms with Crippen LogP contribution in [0.4, 0.5) is 0 Å². The SMILES string of the molecule is Cc1cccc(CN(C)CCC(C)(C)C#N)c1. The van der Waals surface area contributed by atoms with Gasteiger partial charge in [0.05, 0.1) is 11.5 Å². The Balaban J connectivity index is 2.46. The second-order valence-electron chi connectivity index (χ2n) is 5.47. The molecule has 0 amide bonds. The van der Waals surface area contributed by atoms with Gasteiger partial charge in [0.1, 0.15) is 0 Å². The van der Waals surface area contributed by atoms with Gasteiger partial charge in [-0.3, -0.25) is 0 Å². The maximum Gasteiger partial charge on any atom is 0.0684 e. The van der Waals surface area contributed by atoms with Crippen molar-refractivity contribution in [1.29, 1.82) is 5.26 Å². The molecule has 0 aliphatic rings. The van der Waals surface area contributed by atoms with Crippen LogP contribution in [0.15, 0.2) is 24.3 Å². The minimum Gasteiger partial charge on any atom is -0.302 e. The quantitative estimate of drug-likeness (QED) is 0.775. The van der Waals surface area contributed by atoms with Crippen LogP contribution >= 0.6 is 0 Å². The van der Waals surface area contributed by atoms with Crippen LogP contribution in [0.3, 0.4) is 0 Å². The Kier molecular flexibility index (Phi) is 4.72. The maximum atomic E-state index is 8.96. The van der Waals surface area contributed by atoms with Crippen molar-refractivity contribution in [1.82, 2.24) is 4.90 Å². The summed E-state index contributed by atoms with van der Waals surface area (Å²) in [5.74, 6) is 0. The van der Waals surface area contributed by atoms with Gasteiger partial charge < -0.3 is 4.90 Å². The van der Waals surface area contributed by atoms with Gasteiger partial charge in [-0.2, -0.15) is 5.26 Å². The Morgan fingerprint density at radius 3 is 2.65 bits per heavy atom. The summed E-state index contributed by atoms with van der Waals surface area (Å²) in [6, 6.07) is 10.9. The summed E-state index contributed by atoms with van der Waals surface area (Å²) in [6.07, 6.45) is 0.909. The Hall–Kier alpha value is -1.33. The van der Waals surface area contributed by atoms with E-state index in [2.05, 4.69) is 49.2 Å². The molecule has 0 saturated heterocycles. The Morgan fingerprint density at radius 2 is 2.06 bits per heavy atom. The number of hydrogen-bond acceptors (Lipinski definition) is 2. The summed E-state index contributed by atoms with van der Waals surface area (Å²) in [7, 11) is 2.11. The standard InChI is InChI=1S/C15H22N2/c1-13-6-5-7-14(10-13)11-17(4)9-8-15(2,3)12-16/h5-7,10H,8-9,11H2,1-4H3. The first-order valence-electron chi connectivity index (χ1n) is 6.08. The first-order valence-corrected chi connectivity index (χ1v) is 6.08. The lowest BCUT2D eigenvalue weighted by Crippen LogP contribution is -2.23. The van der Waals surface area contributed by atoms with Crippen molar-refractivity contribution in [3.63, 3.8) is 0 Å². The van der Waals surface area contributed by atoms with Crippen LogP contribution in [0.1, 0.15) is 31.4 Å². The highest BCUT2D eigenvalue weighted by molar-refractivity contribution is 5.21. The normalized spacial score (nSPS) is 11.5. The number of hydrogen-bond donors (Lipinski definition) is 0. The first kappa shape index (κ1) is 13.7. The van der Waals surface area contributed by atoms with Gasteiger partial charge in [-0.05, 0) is 46.3 Å². The summed E-state index contributed by atoms with van der Waals surface area (Å²) in [4.78, 5) is 2.27. The molecule has 0 aromatic heterocycles. The largest absolute Gasteiger partial charge is 0.302 e. The van der Waals surface area contributed by atoms with Gasteiger partial charge in [-0.15, -0.1) is 0 Å². The molecule has 0 bridgehead atoms. The van der Waals surface area contributed by atoms with Crippen molar-refractivity contribution in [2.45, 2.75) is 33.7 Å². The molecule has 0 unspecified atom stereocenters. The van der Waals surface area contributed by atoms with Crippen molar-refractivity contribution in [3.8, 4) is 6.07 Å². The van der Waals surface area contributed by atoms with E-state index in [9.17, 15) is 0 Å². The predicted octanol–water partition coefficient (Wildman–Crippen LogP) is 3.37. The zero-order valence-electron chi connectivity index (χ0n) is 11.3. The van der Waals surface area contributed by atoms with Gasteiger partial charge in [0, 0.05) is 6.54 Å². The third kappa shape index (κ3) is 5.01. The van der Waals surface area contributed by atoms with Crippen molar-refractivity contribution < 1.29 is 0 Å². The van der Waals surface area contributed by atoms with Crippen LogP contribution in [-0.4, -0.2) is 18.5 Å². The van der Waals surface area contributed by atoms with Gasteiger partial charge in [0.25, 0.3) is 0 Å². The lowest BCUT2D eigenvalue weighted by atomic mass is 9.91. The molecule has 1 aromatic rings. The van der Waals surface area contributed by atoms with E-state index in [0.29, 0.717) is 0 Å². The molecule has 17 heavy (non-hydrogen) atoms. The van der Waals surface area contributed by atoms with Crippen molar-refractivity contribution in [2.75, 3.05) is 13.6 Å². The van der Waals surface area contributed by atoms with E-state index in [1.54, 1.807) is 0 Å². The maximum absolute atomic E-state index is 8.96.